The lowest BCUT2D eigenvalue weighted by Gasteiger charge is -2.04. The van der Waals surface area contributed by atoms with Gasteiger partial charge >= 0.3 is 0 Å². The van der Waals surface area contributed by atoms with E-state index in [9.17, 15) is 9.59 Å². The van der Waals surface area contributed by atoms with Crippen molar-refractivity contribution in [2.75, 3.05) is 5.75 Å². The molecule has 1 amide bonds. The Kier molecular flexibility index (Phi) is 6.44. The smallest absolute Gasteiger partial charge is 0.221 e. The molecule has 0 saturated carbocycles. The molecule has 0 aliphatic carbocycles. The summed E-state index contributed by atoms with van der Waals surface area (Å²) in [4.78, 5) is 27.8. The molecule has 0 atom stereocenters. The minimum atomic E-state index is 0.0305. The first-order valence-electron chi connectivity index (χ1n) is 7.84. The quantitative estimate of drug-likeness (QED) is 0.444. The highest BCUT2D eigenvalue weighted by Gasteiger charge is 2.13. The molecule has 0 saturated heterocycles. The van der Waals surface area contributed by atoms with E-state index in [1.54, 1.807) is 11.8 Å². The SMILES string of the molecule is O=C(CCSc1ccccc1)NCc1ccc(C(=O)c2cccs2)s1. The Hall–Kier alpha value is -1.89. The molecule has 1 aromatic carbocycles. The topological polar surface area (TPSA) is 46.2 Å². The van der Waals surface area contributed by atoms with Crippen LogP contribution in [-0.2, 0) is 11.3 Å². The maximum Gasteiger partial charge on any atom is 0.221 e. The average molecular weight is 388 g/mol. The number of thioether (sulfide) groups is 1. The van der Waals surface area contributed by atoms with E-state index in [0.29, 0.717) is 17.8 Å². The first-order valence-corrected chi connectivity index (χ1v) is 10.5. The molecule has 0 unspecified atom stereocenters. The number of thiophene rings is 2. The molecule has 0 bridgehead atoms. The summed E-state index contributed by atoms with van der Waals surface area (Å²) in [6, 6.07) is 17.5. The van der Waals surface area contributed by atoms with Crippen LogP contribution in [0, 0.1) is 0 Å². The van der Waals surface area contributed by atoms with Crippen molar-refractivity contribution in [1.82, 2.24) is 5.32 Å². The summed E-state index contributed by atoms with van der Waals surface area (Å²) in [5.41, 5.74) is 0. The van der Waals surface area contributed by atoms with Gasteiger partial charge in [-0.15, -0.1) is 34.4 Å². The number of amides is 1. The van der Waals surface area contributed by atoms with Gasteiger partial charge in [0, 0.05) is 21.9 Å². The number of carbonyl (C=O) groups excluding carboxylic acids is 2. The zero-order valence-corrected chi connectivity index (χ0v) is 15.9. The predicted molar refractivity (Wildman–Crippen MR) is 106 cm³/mol. The molecular formula is C19H17NO2S3. The van der Waals surface area contributed by atoms with E-state index in [1.807, 2.05) is 60.0 Å². The number of nitrogens with one attached hydrogen (secondary N) is 1. The largest absolute Gasteiger partial charge is 0.351 e. The molecule has 0 fully saturated rings. The monoisotopic (exact) mass is 387 g/mol. The van der Waals surface area contributed by atoms with Crippen molar-refractivity contribution in [2.24, 2.45) is 0 Å². The summed E-state index contributed by atoms with van der Waals surface area (Å²) in [7, 11) is 0. The minimum absolute atomic E-state index is 0.0305. The van der Waals surface area contributed by atoms with E-state index in [2.05, 4.69) is 5.32 Å². The Morgan fingerprint density at radius 3 is 2.56 bits per heavy atom. The summed E-state index contributed by atoms with van der Waals surface area (Å²) in [6.07, 6.45) is 0.478. The number of rotatable bonds is 8. The zero-order chi connectivity index (χ0) is 17.5. The molecule has 0 aliphatic heterocycles. The molecule has 25 heavy (non-hydrogen) atoms. The van der Waals surface area contributed by atoms with Gasteiger partial charge in [0.25, 0.3) is 0 Å². The maximum absolute atomic E-state index is 12.3. The second kappa shape index (κ2) is 8.99. The van der Waals surface area contributed by atoms with Crippen molar-refractivity contribution in [3.05, 3.63) is 74.6 Å². The summed E-state index contributed by atoms with van der Waals surface area (Å²) in [6.45, 7) is 0.469. The van der Waals surface area contributed by atoms with Crippen molar-refractivity contribution in [3.63, 3.8) is 0 Å². The highest BCUT2D eigenvalue weighted by atomic mass is 32.2. The van der Waals surface area contributed by atoms with Crippen molar-refractivity contribution in [1.29, 1.82) is 0 Å². The van der Waals surface area contributed by atoms with Crippen LogP contribution in [0.5, 0.6) is 0 Å². The van der Waals surface area contributed by atoms with Gasteiger partial charge in [-0.1, -0.05) is 24.3 Å². The summed E-state index contributed by atoms with van der Waals surface area (Å²) < 4.78 is 0. The molecule has 6 heteroatoms. The molecule has 3 rings (SSSR count). The van der Waals surface area contributed by atoms with Crippen LogP contribution in [-0.4, -0.2) is 17.4 Å². The van der Waals surface area contributed by atoms with E-state index in [0.717, 1.165) is 15.5 Å². The lowest BCUT2D eigenvalue weighted by molar-refractivity contribution is -0.120. The predicted octanol–water partition coefficient (Wildman–Crippen LogP) is 4.84. The van der Waals surface area contributed by atoms with E-state index in [1.165, 1.54) is 27.6 Å². The van der Waals surface area contributed by atoms with Gasteiger partial charge in [-0.3, -0.25) is 9.59 Å². The molecule has 0 aliphatic rings. The van der Waals surface area contributed by atoms with Crippen molar-refractivity contribution in [2.45, 2.75) is 17.9 Å². The fraction of sp³-hybridized carbons (Fsp3) is 0.158. The van der Waals surface area contributed by atoms with Crippen LogP contribution in [0.1, 0.15) is 25.8 Å². The zero-order valence-electron chi connectivity index (χ0n) is 13.4. The van der Waals surface area contributed by atoms with Crippen molar-refractivity contribution < 1.29 is 9.59 Å². The lowest BCUT2D eigenvalue weighted by atomic mass is 10.3. The van der Waals surface area contributed by atoms with Crippen LogP contribution >= 0.6 is 34.4 Å². The van der Waals surface area contributed by atoms with Gasteiger partial charge in [-0.25, -0.2) is 0 Å². The highest BCUT2D eigenvalue weighted by molar-refractivity contribution is 7.99. The number of benzene rings is 1. The number of ketones is 1. The number of carbonyl (C=O) groups is 2. The normalized spacial score (nSPS) is 10.6. The van der Waals surface area contributed by atoms with E-state index >= 15 is 0 Å². The fourth-order valence-corrected chi connectivity index (χ4v) is 4.69. The Balaban J connectivity index is 1.42. The molecule has 1 N–H and O–H groups in total. The summed E-state index contributed by atoms with van der Waals surface area (Å²) in [5, 5.41) is 4.82. The standard InChI is InChI=1S/C19H17NO2S3/c21-18(10-12-23-14-5-2-1-3-6-14)20-13-15-8-9-17(25-15)19(22)16-7-4-11-24-16/h1-9,11H,10,12-13H2,(H,20,21). The Bertz CT molecular complexity index is 825. The maximum atomic E-state index is 12.3. The van der Waals surface area contributed by atoms with E-state index in [-0.39, 0.29) is 11.7 Å². The molecule has 0 radical (unpaired) electrons. The van der Waals surface area contributed by atoms with E-state index < -0.39 is 0 Å². The summed E-state index contributed by atoms with van der Waals surface area (Å²) in [5.74, 6) is 0.836. The van der Waals surface area contributed by atoms with Gasteiger partial charge in [-0.2, -0.15) is 0 Å². The van der Waals surface area contributed by atoms with Gasteiger partial charge in [0.05, 0.1) is 16.3 Å². The number of hydrogen-bond donors (Lipinski definition) is 1. The second-order valence-corrected chi connectivity index (χ2v) is 8.54. The fourth-order valence-electron chi connectivity index (χ4n) is 2.18. The molecule has 2 heterocycles. The lowest BCUT2D eigenvalue weighted by Crippen LogP contribution is -2.22. The first kappa shape index (κ1) is 17.9. The van der Waals surface area contributed by atoms with Crippen LogP contribution < -0.4 is 5.32 Å². The van der Waals surface area contributed by atoms with Gasteiger partial charge < -0.3 is 5.32 Å². The van der Waals surface area contributed by atoms with Crippen LogP contribution in [0.2, 0.25) is 0 Å². The van der Waals surface area contributed by atoms with Gasteiger partial charge in [0.2, 0.25) is 11.7 Å². The molecule has 3 aromatic rings. The molecular weight excluding hydrogens is 370 g/mol. The third-order valence-electron chi connectivity index (χ3n) is 3.43. The second-order valence-electron chi connectivity index (χ2n) is 5.26. The van der Waals surface area contributed by atoms with Crippen molar-refractivity contribution >= 4 is 46.1 Å². The molecule has 3 nitrogen and oxygen atoms in total. The third kappa shape index (κ3) is 5.29. The molecule has 0 spiro atoms. The summed E-state index contributed by atoms with van der Waals surface area (Å²) >= 11 is 4.56. The molecule has 128 valence electrons. The van der Waals surface area contributed by atoms with E-state index in [4.69, 9.17) is 0 Å². The highest BCUT2D eigenvalue weighted by Crippen LogP contribution is 2.22. The van der Waals surface area contributed by atoms with Crippen LogP contribution in [0.25, 0.3) is 0 Å². The Labute approximate surface area is 159 Å². The van der Waals surface area contributed by atoms with Crippen LogP contribution in [0.4, 0.5) is 0 Å². The number of hydrogen-bond acceptors (Lipinski definition) is 5. The molecule has 2 aromatic heterocycles. The van der Waals surface area contributed by atoms with Gasteiger partial charge in [0.15, 0.2) is 0 Å². The Morgan fingerprint density at radius 2 is 1.80 bits per heavy atom. The Morgan fingerprint density at radius 1 is 0.960 bits per heavy atom. The van der Waals surface area contributed by atoms with Crippen LogP contribution in [0.3, 0.4) is 0 Å². The minimum Gasteiger partial charge on any atom is -0.351 e. The van der Waals surface area contributed by atoms with Crippen molar-refractivity contribution in [3.8, 4) is 0 Å². The first-order chi connectivity index (χ1) is 12.2. The van der Waals surface area contributed by atoms with Crippen LogP contribution in [0.15, 0.2) is 64.9 Å². The third-order valence-corrected chi connectivity index (χ3v) is 6.40. The van der Waals surface area contributed by atoms with Gasteiger partial charge in [0.1, 0.15) is 0 Å². The van der Waals surface area contributed by atoms with Gasteiger partial charge in [-0.05, 0) is 35.7 Å². The average Bonchev–Trinajstić information content (AvgIpc) is 3.32.